The number of para-hydroxylation sites is 1. The summed E-state index contributed by atoms with van der Waals surface area (Å²) in [6.07, 6.45) is 0.704. The van der Waals surface area contributed by atoms with Crippen molar-refractivity contribution < 1.29 is 9.59 Å². The normalized spacial score (nSPS) is 15.6. The summed E-state index contributed by atoms with van der Waals surface area (Å²) < 4.78 is 0. The Morgan fingerprint density at radius 1 is 1.19 bits per heavy atom. The number of pyridine rings is 1. The second kappa shape index (κ2) is 5.40. The third kappa shape index (κ3) is 2.65. The molecule has 0 saturated carbocycles. The van der Waals surface area contributed by atoms with Crippen molar-refractivity contribution in [3.05, 3.63) is 46.2 Å². The Bertz CT molecular complexity index is 766. The molecule has 0 spiro atoms. The maximum absolute atomic E-state index is 12.5. The molecule has 1 saturated heterocycles. The number of rotatable bonds is 1. The van der Waals surface area contributed by atoms with Gasteiger partial charge in [-0.05, 0) is 18.6 Å². The third-order valence-electron chi connectivity index (χ3n) is 3.52. The van der Waals surface area contributed by atoms with Gasteiger partial charge in [0.15, 0.2) is 5.43 Å². The molecule has 0 bridgehead atoms. The molecule has 1 aliphatic rings. The van der Waals surface area contributed by atoms with Crippen LogP contribution in [0.25, 0.3) is 10.9 Å². The lowest BCUT2D eigenvalue weighted by atomic mass is 10.2. The number of nitrogens with one attached hydrogen (secondary N) is 2. The molecule has 1 aromatic heterocycles. The number of benzene rings is 1. The van der Waals surface area contributed by atoms with Gasteiger partial charge in [0.1, 0.15) is 5.69 Å². The first-order valence-electron chi connectivity index (χ1n) is 6.83. The monoisotopic (exact) mass is 285 g/mol. The van der Waals surface area contributed by atoms with Gasteiger partial charge in [0.05, 0.1) is 6.54 Å². The molecule has 0 radical (unpaired) electrons. The van der Waals surface area contributed by atoms with E-state index < -0.39 is 0 Å². The van der Waals surface area contributed by atoms with E-state index in [1.165, 1.54) is 11.0 Å². The Kier molecular flexibility index (Phi) is 3.43. The molecule has 2 aromatic rings. The molecule has 21 heavy (non-hydrogen) atoms. The standard InChI is InChI=1S/C15H15N3O3/c19-13-8-12(17-11-5-2-1-4-10(11)13)15(21)18-7-3-6-16-14(20)9-18/h1-2,4-5,8H,3,6-7,9H2,(H,16,20)(H,17,19). The molecule has 3 rings (SSSR count). The summed E-state index contributed by atoms with van der Waals surface area (Å²) in [6.45, 7) is 1.08. The van der Waals surface area contributed by atoms with Crippen molar-refractivity contribution in [1.82, 2.24) is 15.2 Å². The van der Waals surface area contributed by atoms with Crippen molar-refractivity contribution in [1.29, 1.82) is 0 Å². The largest absolute Gasteiger partial charge is 0.354 e. The second-order valence-electron chi connectivity index (χ2n) is 5.02. The van der Waals surface area contributed by atoms with Crippen LogP contribution in [0.3, 0.4) is 0 Å². The average Bonchev–Trinajstić information content (AvgIpc) is 2.71. The van der Waals surface area contributed by atoms with E-state index in [-0.39, 0.29) is 29.5 Å². The highest BCUT2D eigenvalue weighted by atomic mass is 16.2. The fourth-order valence-corrected chi connectivity index (χ4v) is 2.46. The molecule has 2 amide bonds. The van der Waals surface area contributed by atoms with Gasteiger partial charge in [-0.2, -0.15) is 0 Å². The van der Waals surface area contributed by atoms with Gasteiger partial charge in [-0.25, -0.2) is 0 Å². The van der Waals surface area contributed by atoms with Crippen molar-refractivity contribution in [2.24, 2.45) is 0 Å². The summed E-state index contributed by atoms with van der Waals surface area (Å²) in [6, 6.07) is 8.34. The average molecular weight is 285 g/mol. The molecule has 108 valence electrons. The van der Waals surface area contributed by atoms with Crippen molar-refractivity contribution in [2.75, 3.05) is 19.6 Å². The fourth-order valence-electron chi connectivity index (χ4n) is 2.46. The van der Waals surface area contributed by atoms with Crippen LogP contribution in [0.4, 0.5) is 0 Å². The van der Waals surface area contributed by atoms with E-state index in [0.29, 0.717) is 30.4 Å². The molecular weight excluding hydrogens is 270 g/mol. The summed E-state index contributed by atoms with van der Waals surface area (Å²) in [5.74, 6) is -0.501. The lowest BCUT2D eigenvalue weighted by molar-refractivity contribution is -0.121. The highest BCUT2D eigenvalue weighted by molar-refractivity contribution is 5.97. The van der Waals surface area contributed by atoms with E-state index in [1.807, 2.05) is 0 Å². The third-order valence-corrected chi connectivity index (χ3v) is 3.52. The predicted molar refractivity (Wildman–Crippen MR) is 78.1 cm³/mol. The number of fused-ring (bicyclic) bond motifs is 1. The number of nitrogens with zero attached hydrogens (tertiary/aromatic N) is 1. The Labute approximate surface area is 120 Å². The molecule has 1 fully saturated rings. The van der Waals surface area contributed by atoms with E-state index >= 15 is 0 Å². The Morgan fingerprint density at radius 2 is 2.00 bits per heavy atom. The zero-order valence-electron chi connectivity index (χ0n) is 11.4. The molecule has 0 unspecified atom stereocenters. The van der Waals surface area contributed by atoms with E-state index in [1.54, 1.807) is 24.3 Å². The number of carbonyl (C=O) groups excluding carboxylic acids is 2. The number of hydrogen-bond acceptors (Lipinski definition) is 3. The molecule has 2 N–H and O–H groups in total. The molecule has 6 nitrogen and oxygen atoms in total. The number of carbonyl (C=O) groups is 2. The van der Waals surface area contributed by atoms with Crippen LogP contribution >= 0.6 is 0 Å². The van der Waals surface area contributed by atoms with Crippen molar-refractivity contribution >= 4 is 22.7 Å². The van der Waals surface area contributed by atoms with E-state index in [0.717, 1.165) is 0 Å². The van der Waals surface area contributed by atoms with E-state index in [2.05, 4.69) is 10.3 Å². The zero-order chi connectivity index (χ0) is 14.8. The summed E-state index contributed by atoms with van der Waals surface area (Å²) in [4.78, 5) is 40.5. The van der Waals surface area contributed by atoms with Gasteiger partial charge in [0.2, 0.25) is 5.91 Å². The zero-order valence-corrected chi connectivity index (χ0v) is 11.4. The van der Waals surface area contributed by atoms with Crippen LogP contribution in [0.15, 0.2) is 35.1 Å². The van der Waals surface area contributed by atoms with Gasteiger partial charge >= 0.3 is 0 Å². The summed E-state index contributed by atoms with van der Waals surface area (Å²) in [5, 5.41) is 3.26. The second-order valence-corrected chi connectivity index (χ2v) is 5.02. The van der Waals surface area contributed by atoms with Gasteiger partial charge < -0.3 is 15.2 Å². The molecule has 0 aliphatic carbocycles. The van der Waals surface area contributed by atoms with Crippen LogP contribution in [-0.4, -0.2) is 41.3 Å². The lowest BCUT2D eigenvalue weighted by Gasteiger charge is -2.18. The fraction of sp³-hybridized carbons (Fsp3) is 0.267. The molecule has 0 atom stereocenters. The Morgan fingerprint density at radius 3 is 2.86 bits per heavy atom. The maximum atomic E-state index is 12.5. The van der Waals surface area contributed by atoms with Crippen LogP contribution in [0, 0.1) is 0 Å². The van der Waals surface area contributed by atoms with Gasteiger partial charge in [0, 0.05) is 30.1 Å². The number of aromatic nitrogens is 1. The van der Waals surface area contributed by atoms with Crippen LogP contribution in [0.2, 0.25) is 0 Å². The van der Waals surface area contributed by atoms with Gasteiger partial charge in [0.25, 0.3) is 5.91 Å². The predicted octanol–water partition coefficient (Wildman–Crippen LogP) is 0.490. The number of aromatic amines is 1. The van der Waals surface area contributed by atoms with Crippen molar-refractivity contribution in [2.45, 2.75) is 6.42 Å². The quantitative estimate of drug-likeness (QED) is 0.800. The van der Waals surface area contributed by atoms with E-state index in [4.69, 9.17) is 0 Å². The number of amides is 2. The van der Waals surface area contributed by atoms with Gasteiger partial charge in [-0.1, -0.05) is 12.1 Å². The van der Waals surface area contributed by atoms with Crippen LogP contribution in [-0.2, 0) is 4.79 Å². The lowest BCUT2D eigenvalue weighted by Crippen LogP contribution is -2.38. The Balaban J connectivity index is 1.97. The minimum absolute atomic E-state index is 0.0215. The van der Waals surface area contributed by atoms with Crippen LogP contribution < -0.4 is 10.7 Å². The highest BCUT2D eigenvalue weighted by Crippen LogP contribution is 2.10. The first-order chi connectivity index (χ1) is 10.1. The maximum Gasteiger partial charge on any atom is 0.270 e. The summed E-state index contributed by atoms with van der Waals surface area (Å²) in [7, 11) is 0. The van der Waals surface area contributed by atoms with Gasteiger partial charge in [-0.3, -0.25) is 14.4 Å². The van der Waals surface area contributed by atoms with Crippen molar-refractivity contribution in [3.8, 4) is 0 Å². The highest BCUT2D eigenvalue weighted by Gasteiger charge is 2.22. The molecule has 6 heteroatoms. The van der Waals surface area contributed by atoms with Crippen molar-refractivity contribution in [3.63, 3.8) is 0 Å². The van der Waals surface area contributed by atoms with Gasteiger partial charge in [-0.15, -0.1) is 0 Å². The minimum Gasteiger partial charge on any atom is -0.354 e. The SMILES string of the molecule is O=C1CN(C(=O)c2cc(=O)c3ccccc3[nH]2)CCCN1. The number of H-pyrrole nitrogens is 1. The van der Waals surface area contributed by atoms with Crippen LogP contribution in [0.1, 0.15) is 16.9 Å². The first-order valence-corrected chi connectivity index (χ1v) is 6.83. The van der Waals surface area contributed by atoms with E-state index in [9.17, 15) is 14.4 Å². The minimum atomic E-state index is -0.324. The number of hydrogen-bond donors (Lipinski definition) is 2. The molecule has 1 aromatic carbocycles. The molecule has 1 aliphatic heterocycles. The molecule has 2 heterocycles. The molecular formula is C15H15N3O3. The summed E-state index contributed by atoms with van der Waals surface area (Å²) in [5.41, 5.74) is 0.632. The topological polar surface area (TPSA) is 82.3 Å². The Hall–Kier alpha value is -2.63. The first kappa shape index (κ1) is 13.4. The summed E-state index contributed by atoms with van der Waals surface area (Å²) >= 11 is 0. The van der Waals surface area contributed by atoms with Crippen LogP contribution in [0.5, 0.6) is 0 Å². The smallest absolute Gasteiger partial charge is 0.270 e.